The summed E-state index contributed by atoms with van der Waals surface area (Å²) in [5, 5.41) is 9.40. The molecule has 0 saturated carbocycles. The van der Waals surface area contributed by atoms with Gasteiger partial charge >= 0.3 is 0 Å². The molecule has 0 saturated heterocycles. The molecule has 1 amide bonds. The molecule has 0 aliphatic carbocycles. The van der Waals surface area contributed by atoms with Crippen LogP contribution in [0.4, 0.5) is 0 Å². The quantitative estimate of drug-likeness (QED) is 0.363. The van der Waals surface area contributed by atoms with Crippen LogP contribution in [0.5, 0.6) is 11.5 Å². The van der Waals surface area contributed by atoms with Gasteiger partial charge in [0.25, 0.3) is 0 Å². The van der Waals surface area contributed by atoms with Crippen LogP contribution in [0.3, 0.4) is 0 Å². The van der Waals surface area contributed by atoms with Gasteiger partial charge in [-0.2, -0.15) is 0 Å². The fourth-order valence-corrected chi connectivity index (χ4v) is 4.22. The van der Waals surface area contributed by atoms with E-state index in [1.807, 2.05) is 59.2 Å². The fourth-order valence-electron chi connectivity index (χ4n) is 3.36. The van der Waals surface area contributed by atoms with E-state index >= 15 is 0 Å². The van der Waals surface area contributed by atoms with E-state index in [9.17, 15) is 4.79 Å². The first-order chi connectivity index (χ1) is 15.7. The first-order valence-corrected chi connectivity index (χ1v) is 11.2. The Balaban J connectivity index is 1.60. The highest BCUT2D eigenvalue weighted by Gasteiger charge is 2.29. The molecule has 0 spiro atoms. The smallest absolute Gasteiger partial charge is 0.233 e. The van der Waals surface area contributed by atoms with Gasteiger partial charge in [-0.25, -0.2) is 0 Å². The average molecular weight is 449 g/mol. The second-order valence-corrected chi connectivity index (χ2v) is 7.98. The molecule has 32 heavy (non-hydrogen) atoms. The second kappa shape index (κ2) is 10.2. The molecule has 164 valence electrons. The van der Waals surface area contributed by atoms with Crippen molar-refractivity contribution in [1.29, 1.82) is 0 Å². The van der Waals surface area contributed by atoms with Gasteiger partial charge in [-0.3, -0.25) is 9.36 Å². The predicted molar refractivity (Wildman–Crippen MR) is 124 cm³/mol. The van der Waals surface area contributed by atoms with E-state index in [0.29, 0.717) is 42.2 Å². The number of nitrogens with zero attached hydrogens (tertiary/aromatic N) is 4. The van der Waals surface area contributed by atoms with Gasteiger partial charge in [0, 0.05) is 18.8 Å². The molecule has 1 atom stereocenters. The molecule has 0 N–H and O–H groups in total. The Morgan fingerprint density at radius 2 is 1.75 bits per heavy atom. The maximum atomic E-state index is 12.7. The number of thioether (sulfide) groups is 1. The fraction of sp³-hybridized carbons (Fsp3) is 0.208. The van der Waals surface area contributed by atoms with Gasteiger partial charge in [0.05, 0.1) is 5.75 Å². The van der Waals surface area contributed by atoms with Crippen molar-refractivity contribution in [3.8, 4) is 17.2 Å². The van der Waals surface area contributed by atoms with E-state index in [4.69, 9.17) is 9.47 Å². The Morgan fingerprint density at radius 1 is 1.06 bits per heavy atom. The number of hydrogen-bond acceptors (Lipinski definition) is 6. The monoisotopic (exact) mass is 448 g/mol. The SMILES string of the molecule is C=CCN(CC=C)C(=O)CSc1nnc([C@H]2COc3ccccc3O2)n1-c1ccccc1. The Hall–Kier alpha value is -3.52. The lowest BCUT2D eigenvalue weighted by Crippen LogP contribution is -2.32. The Morgan fingerprint density at radius 3 is 2.47 bits per heavy atom. The number of carbonyl (C=O) groups excluding carboxylic acids is 1. The number of rotatable bonds is 9. The lowest BCUT2D eigenvalue weighted by atomic mass is 10.2. The van der Waals surface area contributed by atoms with E-state index < -0.39 is 6.10 Å². The van der Waals surface area contributed by atoms with Crippen LogP contribution < -0.4 is 9.47 Å². The van der Waals surface area contributed by atoms with Gasteiger partial charge in [0.15, 0.2) is 28.6 Å². The molecule has 2 heterocycles. The lowest BCUT2D eigenvalue weighted by Gasteiger charge is -2.26. The van der Waals surface area contributed by atoms with E-state index in [-0.39, 0.29) is 11.7 Å². The van der Waals surface area contributed by atoms with Crippen LogP contribution in [-0.4, -0.2) is 51.0 Å². The van der Waals surface area contributed by atoms with E-state index in [1.54, 1.807) is 17.1 Å². The van der Waals surface area contributed by atoms with Crippen LogP contribution in [0.25, 0.3) is 5.69 Å². The van der Waals surface area contributed by atoms with Gasteiger partial charge in [-0.15, -0.1) is 23.4 Å². The first kappa shape index (κ1) is 21.7. The van der Waals surface area contributed by atoms with Crippen molar-refractivity contribution in [2.24, 2.45) is 0 Å². The standard InChI is InChI=1S/C24H24N4O3S/c1-3-14-27(15-4-2)22(29)17-32-24-26-25-23(28(24)18-10-6-5-7-11-18)21-16-30-19-12-8-9-13-20(19)31-21/h3-13,21H,1-2,14-17H2/t21-/m1/s1. The summed E-state index contributed by atoms with van der Waals surface area (Å²) in [6, 6.07) is 17.3. The van der Waals surface area contributed by atoms with Crippen molar-refractivity contribution in [2.45, 2.75) is 11.3 Å². The van der Waals surface area contributed by atoms with E-state index in [2.05, 4.69) is 23.4 Å². The Kier molecular flexibility index (Phi) is 6.91. The van der Waals surface area contributed by atoms with Gasteiger partial charge in [0.1, 0.15) is 6.61 Å². The second-order valence-electron chi connectivity index (χ2n) is 7.04. The summed E-state index contributed by atoms with van der Waals surface area (Å²) in [5.41, 5.74) is 0.888. The number of para-hydroxylation sites is 3. The number of benzene rings is 2. The van der Waals surface area contributed by atoms with Crippen LogP contribution in [0.2, 0.25) is 0 Å². The van der Waals surface area contributed by atoms with Crippen LogP contribution in [0.1, 0.15) is 11.9 Å². The minimum Gasteiger partial charge on any atom is -0.485 e. The van der Waals surface area contributed by atoms with Crippen molar-refractivity contribution >= 4 is 17.7 Å². The summed E-state index contributed by atoms with van der Waals surface area (Å²) in [7, 11) is 0. The molecular weight excluding hydrogens is 424 g/mol. The molecule has 4 rings (SSSR count). The summed E-state index contributed by atoms with van der Waals surface area (Å²) < 4.78 is 14.0. The van der Waals surface area contributed by atoms with Gasteiger partial charge in [0.2, 0.25) is 5.91 Å². The molecule has 1 aliphatic heterocycles. The summed E-state index contributed by atoms with van der Waals surface area (Å²) in [4.78, 5) is 14.4. The van der Waals surface area contributed by atoms with Crippen molar-refractivity contribution in [3.05, 3.63) is 85.7 Å². The number of amides is 1. The number of carbonyl (C=O) groups is 1. The first-order valence-electron chi connectivity index (χ1n) is 10.2. The van der Waals surface area contributed by atoms with Crippen LogP contribution in [0, 0.1) is 0 Å². The largest absolute Gasteiger partial charge is 0.485 e. The number of aromatic nitrogens is 3. The zero-order chi connectivity index (χ0) is 22.3. The maximum Gasteiger partial charge on any atom is 0.233 e. The Labute approximate surface area is 191 Å². The van der Waals surface area contributed by atoms with Gasteiger partial charge < -0.3 is 14.4 Å². The van der Waals surface area contributed by atoms with Crippen molar-refractivity contribution < 1.29 is 14.3 Å². The summed E-state index contributed by atoms with van der Waals surface area (Å²) in [5.74, 6) is 2.19. The number of fused-ring (bicyclic) bond motifs is 1. The molecule has 8 heteroatoms. The summed E-state index contributed by atoms with van der Waals surface area (Å²) in [6.45, 7) is 8.69. The zero-order valence-corrected chi connectivity index (χ0v) is 18.4. The molecule has 0 fully saturated rings. The highest BCUT2D eigenvalue weighted by molar-refractivity contribution is 7.99. The molecule has 1 aromatic heterocycles. The van der Waals surface area contributed by atoms with Crippen LogP contribution in [-0.2, 0) is 4.79 Å². The number of hydrogen-bond donors (Lipinski definition) is 0. The third-order valence-electron chi connectivity index (χ3n) is 4.85. The molecule has 0 bridgehead atoms. The van der Waals surface area contributed by atoms with E-state index in [0.717, 1.165) is 5.69 Å². The third kappa shape index (κ3) is 4.70. The van der Waals surface area contributed by atoms with Gasteiger partial charge in [-0.05, 0) is 24.3 Å². The lowest BCUT2D eigenvalue weighted by molar-refractivity contribution is -0.127. The maximum absolute atomic E-state index is 12.7. The van der Waals surface area contributed by atoms with Crippen molar-refractivity contribution in [3.63, 3.8) is 0 Å². The number of ether oxygens (including phenoxy) is 2. The minimum atomic E-state index is -0.430. The minimum absolute atomic E-state index is 0.0230. The molecule has 0 radical (unpaired) electrons. The van der Waals surface area contributed by atoms with E-state index in [1.165, 1.54) is 11.8 Å². The summed E-state index contributed by atoms with van der Waals surface area (Å²) in [6.07, 6.45) is 2.98. The molecule has 1 aliphatic rings. The highest BCUT2D eigenvalue weighted by atomic mass is 32.2. The Bertz CT molecular complexity index is 1090. The molecule has 2 aromatic carbocycles. The zero-order valence-electron chi connectivity index (χ0n) is 17.6. The normalized spacial score (nSPS) is 14.6. The predicted octanol–water partition coefficient (Wildman–Crippen LogP) is 4.07. The molecular formula is C24H24N4O3S. The van der Waals surface area contributed by atoms with Crippen LogP contribution in [0.15, 0.2) is 85.1 Å². The molecule has 7 nitrogen and oxygen atoms in total. The summed E-state index contributed by atoms with van der Waals surface area (Å²) >= 11 is 1.33. The molecule has 0 unspecified atom stereocenters. The highest BCUT2D eigenvalue weighted by Crippen LogP contribution is 2.36. The third-order valence-corrected chi connectivity index (χ3v) is 5.76. The van der Waals surface area contributed by atoms with Crippen molar-refractivity contribution in [1.82, 2.24) is 19.7 Å². The topological polar surface area (TPSA) is 69.5 Å². The average Bonchev–Trinajstić information content (AvgIpc) is 3.26. The molecule has 3 aromatic rings. The van der Waals surface area contributed by atoms with Crippen LogP contribution >= 0.6 is 11.8 Å². The van der Waals surface area contributed by atoms with Gasteiger partial charge in [-0.1, -0.05) is 54.2 Å². The van der Waals surface area contributed by atoms with Crippen molar-refractivity contribution in [2.75, 3.05) is 25.4 Å².